The Hall–Kier alpha value is -2.43. The van der Waals surface area contributed by atoms with Gasteiger partial charge in [-0.2, -0.15) is 0 Å². The Labute approximate surface area is 123 Å². The van der Waals surface area contributed by atoms with Crippen LogP contribution in [0.3, 0.4) is 0 Å². The highest BCUT2D eigenvalue weighted by Crippen LogP contribution is 2.34. The van der Waals surface area contributed by atoms with Gasteiger partial charge in [0.25, 0.3) is 0 Å². The Morgan fingerprint density at radius 3 is 2.57 bits per heavy atom. The van der Waals surface area contributed by atoms with Crippen molar-refractivity contribution in [3.8, 4) is 0 Å². The van der Waals surface area contributed by atoms with Crippen LogP contribution in [0.2, 0.25) is 0 Å². The fourth-order valence-electron chi connectivity index (χ4n) is 2.88. The number of carbonyl (C=O) groups is 2. The van der Waals surface area contributed by atoms with Crippen LogP contribution in [0.15, 0.2) is 42.9 Å². The van der Waals surface area contributed by atoms with Gasteiger partial charge in [0.05, 0.1) is 23.9 Å². The van der Waals surface area contributed by atoms with Crippen molar-refractivity contribution in [3.63, 3.8) is 0 Å². The highest BCUT2D eigenvalue weighted by molar-refractivity contribution is 6.03. The second kappa shape index (κ2) is 5.16. The molecular formula is C16H17N3O2. The maximum atomic E-state index is 12.7. The summed E-state index contributed by atoms with van der Waals surface area (Å²) in [4.78, 5) is 31.0. The van der Waals surface area contributed by atoms with Gasteiger partial charge in [-0.15, -0.1) is 0 Å². The van der Waals surface area contributed by atoms with Crippen molar-refractivity contribution >= 4 is 11.7 Å². The molecule has 1 fully saturated rings. The first-order valence-corrected chi connectivity index (χ1v) is 6.90. The number of imidazole rings is 1. The average molecular weight is 283 g/mol. The molecule has 1 aliphatic heterocycles. The van der Waals surface area contributed by atoms with E-state index < -0.39 is 5.92 Å². The van der Waals surface area contributed by atoms with E-state index in [9.17, 15) is 9.59 Å². The summed E-state index contributed by atoms with van der Waals surface area (Å²) < 4.78 is 1.80. The van der Waals surface area contributed by atoms with Crippen LogP contribution >= 0.6 is 0 Å². The molecule has 0 saturated carbocycles. The molecule has 2 atom stereocenters. The Morgan fingerprint density at radius 2 is 1.95 bits per heavy atom. The molecule has 0 spiro atoms. The Balaban J connectivity index is 1.96. The number of aryl methyl sites for hydroxylation is 1. The van der Waals surface area contributed by atoms with Crippen LogP contribution in [0.25, 0.3) is 0 Å². The van der Waals surface area contributed by atoms with Gasteiger partial charge in [-0.25, -0.2) is 4.98 Å². The van der Waals surface area contributed by atoms with Crippen LogP contribution in [-0.2, 0) is 11.8 Å². The molecule has 2 aromatic rings. The van der Waals surface area contributed by atoms with Gasteiger partial charge in [0, 0.05) is 32.4 Å². The summed E-state index contributed by atoms with van der Waals surface area (Å²) in [5.74, 6) is -0.893. The lowest BCUT2D eigenvalue weighted by Gasteiger charge is -2.13. The maximum Gasteiger partial charge on any atom is 0.232 e. The van der Waals surface area contributed by atoms with Crippen LogP contribution < -0.4 is 0 Å². The smallest absolute Gasteiger partial charge is 0.232 e. The average Bonchev–Trinajstić information content (AvgIpc) is 3.04. The SMILES string of the molecule is CN1C[C@@H](C(=O)c2ccccc2)[C@H](c2cn(C)cn2)C1=O. The molecule has 21 heavy (non-hydrogen) atoms. The highest BCUT2D eigenvalue weighted by atomic mass is 16.2. The van der Waals surface area contributed by atoms with E-state index in [1.54, 1.807) is 35.0 Å². The molecule has 1 aliphatic rings. The van der Waals surface area contributed by atoms with Gasteiger partial charge in [-0.3, -0.25) is 9.59 Å². The molecule has 1 saturated heterocycles. The molecule has 0 bridgehead atoms. The molecule has 5 nitrogen and oxygen atoms in total. The number of hydrogen-bond acceptors (Lipinski definition) is 3. The number of carbonyl (C=O) groups excluding carboxylic acids is 2. The predicted molar refractivity (Wildman–Crippen MR) is 77.8 cm³/mol. The minimum absolute atomic E-state index is 0.00366. The Morgan fingerprint density at radius 1 is 1.24 bits per heavy atom. The predicted octanol–water partition coefficient (Wildman–Crippen LogP) is 1.47. The highest BCUT2D eigenvalue weighted by Gasteiger charge is 2.44. The zero-order valence-corrected chi connectivity index (χ0v) is 12.1. The van der Waals surface area contributed by atoms with Gasteiger partial charge in [0.2, 0.25) is 5.91 Å². The zero-order valence-electron chi connectivity index (χ0n) is 12.1. The van der Waals surface area contributed by atoms with Gasteiger partial charge < -0.3 is 9.47 Å². The second-order valence-corrected chi connectivity index (χ2v) is 5.50. The normalized spacial score (nSPS) is 21.8. The van der Waals surface area contributed by atoms with Gasteiger partial charge in [0.1, 0.15) is 0 Å². The number of benzene rings is 1. The summed E-state index contributed by atoms with van der Waals surface area (Å²) in [6.07, 6.45) is 3.47. The third kappa shape index (κ3) is 2.35. The van der Waals surface area contributed by atoms with Crippen LogP contribution in [0.1, 0.15) is 22.0 Å². The van der Waals surface area contributed by atoms with Gasteiger partial charge in [-0.05, 0) is 0 Å². The number of aromatic nitrogens is 2. The molecule has 0 aliphatic carbocycles. The minimum Gasteiger partial charge on any atom is -0.344 e. The summed E-state index contributed by atoms with van der Waals surface area (Å²) in [6, 6.07) is 9.13. The molecule has 5 heteroatoms. The fraction of sp³-hybridized carbons (Fsp3) is 0.312. The van der Waals surface area contributed by atoms with E-state index in [1.165, 1.54) is 0 Å². The molecule has 1 aromatic carbocycles. The minimum atomic E-state index is -0.482. The number of amides is 1. The van der Waals surface area contributed by atoms with E-state index in [1.807, 2.05) is 31.4 Å². The van der Waals surface area contributed by atoms with E-state index in [0.29, 0.717) is 17.8 Å². The standard InChI is InChI=1S/C16H17N3O2/c1-18-9-13(17-10-18)14-12(8-19(2)16(14)21)15(20)11-6-4-3-5-7-11/h3-7,9-10,12,14H,8H2,1-2H3/t12-,14-/m1/s1. The lowest BCUT2D eigenvalue weighted by atomic mass is 9.86. The number of likely N-dealkylation sites (tertiary alicyclic amines) is 1. The quantitative estimate of drug-likeness (QED) is 0.802. The number of likely N-dealkylation sites (N-methyl/N-ethyl adjacent to an activating group) is 1. The van der Waals surface area contributed by atoms with Gasteiger partial charge in [0.15, 0.2) is 5.78 Å². The first kappa shape index (κ1) is 13.5. The molecule has 0 unspecified atom stereocenters. The molecule has 0 N–H and O–H groups in total. The third-order valence-electron chi connectivity index (χ3n) is 3.95. The Bertz CT molecular complexity index is 678. The van der Waals surface area contributed by atoms with Crippen molar-refractivity contribution in [2.75, 3.05) is 13.6 Å². The molecule has 1 aromatic heterocycles. The van der Waals surface area contributed by atoms with Crippen molar-refractivity contribution in [3.05, 3.63) is 54.1 Å². The van der Waals surface area contributed by atoms with Gasteiger partial charge >= 0.3 is 0 Å². The van der Waals surface area contributed by atoms with Crippen LogP contribution in [0.5, 0.6) is 0 Å². The first-order valence-electron chi connectivity index (χ1n) is 6.90. The number of hydrogen-bond donors (Lipinski definition) is 0. The first-order chi connectivity index (χ1) is 10.1. The zero-order chi connectivity index (χ0) is 15.0. The number of rotatable bonds is 3. The number of nitrogens with zero attached hydrogens (tertiary/aromatic N) is 3. The van der Waals surface area contributed by atoms with E-state index in [0.717, 1.165) is 0 Å². The van der Waals surface area contributed by atoms with E-state index >= 15 is 0 Å². The molecule has 1 amide bonds. The van der Waals surface area contributed by atoms with Crippen molar-refractivity contribution in [1.82, 2.24) is 14.5 Å². The van der Waals surface area contributed by atoms with Crippen molar-refractivity contribution in [2.45, 2.75) is 5.92 Å². The Kier molecular flexibility index (Phi) is 3.33. The summed E-state index contributed by atoms with van der Waals surface area (Å²) >= 11 is 0. The second-order valence-electron chi connectivity index (χ2n) is 5.50. The third-order valence-corrected chi connectivity index (χ3v) is 3.95. The lowest BCUT2D eigenvalue weighted by Crippen LogP contribution is -2.23. The molecular weight excluding hydrogens is 266 g/mol. The molecule has 108 valence electrons. The fourth-order valence-corrected chi connectivity index (χ4v) is 2.88. The summed E-state index contributed by atoms with van der Waals surface area (Å²) in [6.45, 7) is 0.438. The largest absolute Gasteiger partial charge is 0.344 e. The van der Waals surface area contributed by atoms with Crippen LogP contribution in [0.4, 0.5) is 0 Å². The molecule has 2 heterocycles. The maximum absolute atomic E-state index is 12.7. The molecule has 3 rings (SSSR count). The lowest BCUT2D eigenvalue weighted by molar-refractivity contribution is -0.127. The van der Waals surface area contributed by atoms with Gasteiger partial charge in [-0.1, -0.05) is 30.3 Å². The van der Waals surface area contributed by atoms with Crippen molar-refractivity contribution in [2.24, 2.45) is 13.0 Å². The number of Topliss-reactive ketones (excluding diaryl/α,β-unsaturated/α-hetero) is 1. The van der Waals surface area contributed by atoms with Crippen LogP contribution in [-0.4, -0.2) is 39.7 Å². The topological polar surface area (TPSA) is 55.2 Å². The van der Waals surface area contributed by atoms with Crippen molar-refractivity contribution in [1.29, 1.82) is 0 Å². The monoisotopic (exact) mass is 283 g/mol. The molecule has 0 radical (unpaired) electrons. The summed E-state index contributed by atoms with van der Waals surface area (Å²) in [7, 11) is 3.59. The van der Waals surface area contributed by atoms with E-state index in [4.69, 9.17) is 0 Å². The van der Waals surface area contributed by atoms with E-state index in [-0.39, 0.29) is 17.6 Å². The summed E-state index contributed by atoms with van der Waals surface area (Å²) in [5, 5.41) is 0. The number of ketones is 1. The summed E-state index contributed by atoms with van der Waals surface area (Å²) in [5.41, 5.74) is 1.31. The van der Waals surface area contributed by atoms with Crippen molar-refractivity contribution < 1.29 is 9.59 Å². The van der Waals surface area contributed by atoms with Crippen LogP contribution in [0, 0.1) is 5.92 Å². The van der Waals surface area contributed by atoms with E-state index in [2.05, 4.69) is 4.98 Å².